The van der Waals surface area contributed by atoms with E-state index in [2.05, 4.69) is 15.0 Å². The Morgan fingerprint density at radius 2 is 1.77 bits per heavy atom. The highest BCUT2D eigenvalue weighted by atomic mass is 32.2. The summed E-state index contributed by atoms with van der Waals surface area (Å²) in [5.74, 6) is -0.492. The summed E-state index contributed by atoms with van der Waals surface area (Å²) in [6.45, 7) is 7.53. The Kier molecular flexibility index (Phi) is 5.98. The van der Waals surface area contributed by atoms with Gasteiger partial charge in [-0.2, -0.15) is 0 Å². The smallest absolute Gasteiger partial charge is 0.261 e. The van der Waals surface area contributed by atoms with Crippen LogP contribution in [-0.4, -0.2) is 25.4 Å². The highest BCUT2D eigenvalue weighted by Gasteiger charge is 2.19. The van der Waals surface area contributed by atoms with Gasteiger partial charge in [0.1, 0.15) is 5.56 Å². The first-order valence-electron chi connectivity index (χ1n) is 9.68. The van der Waals surface area contributed by atoms with Crippen molar-refractivity contribution in [2.75, 3.05) is 4.72 Å². The molecule has 30 heavy (non-hydrogen) atoms. The number of sulfonamides is 1. The van der Waals surface area contributed by atoms with Crippen LogP contribution in [0.4, 0.5) is 5.69 Å². The maximum Gasteiger partial charge on any atom is 0.261 e. The molecule has 0 bridgehead atoms. The van der Waals surface area contributed by atoms with Crippen LogP contribution in [0, 0.1) is 13.8 Å². The first-order chi connectivity index (χ1) is 14.1. The summed E-state index contributed by atoms with van der Waals surface area (Å²) in [5, 5.41) is 2.88. The molecule has 0 aliphatic rings. The first kappa shape index (κ1) is 21.6. The zero-order chi connectivity index (χ0) is 22.1. The number of hydrogen-bond donors (Lipinski definition) is 3. The molecule has 0 saturated heterocycles. The SMILES string of the molecule is CCC(C)NC(=O)c1c[nH]c2ccc(S(=O)(=O)Nc3cc(C)cc(C)c3)cc2c1=O. The highest BCUT2D eigenvalue weighted by Crippen LogP contribution is 2.21. The molecule has 1 amide bonds. The number of aromatic amines is 1. The summed E-state index contributed by atoms with van der Waals surface area (Å²) >= 11 is 0. The van der Waals surface area contributed by atoms with Gasteiger partial charge in [0.25, 0.3) is 15.9 Å². The Morgan fingerprint density at radius 3 is 2.40 bits per heavy atom. The molecule has 1 atom stereocenters. The third kappa shape index (κ3) is 4.54. The lowest BCUT2D eigenvalue weighted by Gasteiger charge is -2.12. The van der Waals surface area contributed by atoms with E-state index in [9.17, 15) is 18.0 Å². The van der Waals surface area contributed by atoms with E-state index in [0.717, 1.165) is 17.5 Å². The van der Waals surface area contributed by atoms with Crippen LogP contribution in [0.3, 0.4) is 0 Å². The predicted molar refractivity (Wildman–Crippen MR) is 119 cm³/mol. The molecule has 3 N–H and O–H groups in total. The molecule has 158 valence electrons. The van der Waals surface area contributed by atoms with Crippen LogP contribution in [0.15, 0.2) is 52.3 Å². The fourth-order valence-electron chi connectivity index (χ4n) is 3.18. The van der Waals surface area contributed by atoms with Gasteiger partial charge in [0.05, 0.1) is 4.90 Å². The number of benzene rings is 2. The number of H-pyrrole nitrogens is 1. The molecule has 8 heteroatoms. The average molecular weight is 428 g/mol. The Labute approximate surface area is 175 Å². The van der Waals surface area contributed by atoms with Gasteiger partial charge in [0.2, 0.25) is 5.43 Å². The monoisotopic (exact) mass is 427 g/mol. The van der Waals surface area contributed by atoms with Crippen molar-refractivity contribution in [3.05, 3.63) is 69.5 Å². The minimum atomic E-state index is -3.91. The van der Waals surface area contributed by atoms with Crippen LogP contribution >= 0.6 is 0 Å². The van der Waals surface area contributed by atoms with Crippen molar-refractivity contribution in [3.63, 3.8) is 0 Å². The summed E-state index contributed by atoms with van der Waals surface area (Å²) in [5.41, 5.74) is 2.18. The lowest BCUT2D eigenvalue weighted by Crippen LogP contribution is -2.35. The van der Waals surface area contributed by atoms with Crippen LogP contribution < -0.4 is 15.5 Å². The molecule has 3 rings (SSSR count). The number of carbonyl (C=O) groups excluding carboxylic acids is 1. The van der Waals surface area contributed by atoms with E-state index >= 15 is 0 Å². The Balaban J connectivity index is 2.02. The number of hydrogen-bond acceptors (Lipinski definition) is 4. The minimum Gasteiger partial charge on any atom is -0.360 e. The summed E-state index contributed by atoms with van der Waals surface area (Å²) in [7, 11) is -3.91. The van der Waals surface area contributed by atoms with Gasteiger partial charge in [-0.25, -0.2) is 8.42 Å². The molecule has 1 heterocycles. The number of nitrogens with one attached hydrogen (secondary N) is 3. The third-order valence-corrected chi connectivity index (χ3v) is 6.25. The molecule has 1 unspecified atom stereocenters. The third-order valence-electron chi connectivity index (χ3n) is 4.87. The summed E-state index contributed by atoms with van der Waals surface area (Å²) in [4.78, 5) is 28.1. The number of rotatable bonds is 6. The number of carbonyl (C=O) groups is 1. The lowest BCUT2D eigenvalue weighted by molar-refractivity contribution is 0.0938. The maximum atomic E-state index is 12.9. The van der Waals surface area contributed by atoms with Crippen LogP contribution in [0.1, 0.15) is 41.8 Å². The number of anilines is 1. The van der Waals surface area contributed by atoms with Crippen molar-refractivity contribution in [1.82, 2.24) is 10.3 Å². The second kappa shape index (κ2) is 8.31. The van der Waals surface area contributed by atoms with Crippen molar-refractivity contribution < 1.29 is 13.2 Å². The molecule has 3 aromatic rings. The van der Waals surface area contributed by atoms with E-state index in [0.29, 0.717) is 11.2 Å². The topological polar surface area (TPSA) is 108 Å². The van der Waals surface area contributed by atoms with Gasteiger partial charge in [0, 0.05) is 28.8 Å². The van der Waals surface area contributed by atoms with Gasteiger partial charge in [-0.05, 0) is 68.7 Å². The number of amides is 1. The van der Waals surface area contributed by atoms with Crippen LogP contribution in [0.5, 0.6) is 0 Å². The molecule has 0 aliphatic carbocycles. The minimum absolute atomic E-state index is 0.0559. The highest BCUT2D eigenvalue weighted by molar-refractivity contribution is 7.92. The second-order valence-electron chi connectivity index (χ2n) is 7.50. The van der Waals surface area contributed by atoms with Crippen molar-refractivity contribution in [1.29, 1.82) is 0 Å². The molecule has 7 nitrogen and oxygen atoms in total. The largest absolute Gasteiger partial charge is 0.360 e. The summed E-state index contributed by atoms with van der Waals surface area (Å²) in [6.07, 6.45) is 2.08. The van der Waals surface area contributed by atoms with Gasteiger partial charge in [0.15, 0.2) is 0 Å². The lowest BCUT2D eigenvalue weighted by atomic mass is 10.1. The van der Waals surface area contributed by atoms with Crippen molar-refractivity contribution in [2.45, 2.75) is 45.1 Å². The zero-order valence-corrected chi connectivity index (χ0v) is 18.2. The number of aromatic nitrogens is 1. The normalized spacial score (nSPS) is 12.5. The second-order valence-corrected chi connectivity index (χ2v) is 9.19. The van der Waals surface area contributed by atoms with E-state index in [1.165, 1.54) is 24.4 Å². The molecule has 0 radical (unpaired) electrons. The number of fused-ring (bicyclic) bond motifs is 1. The van der Waals surface area contributed by atoms with Crippen molar-refractivity contribution in [3.8, 4) is 0 Å². The van der Waals surface area contributed by atoms with E-state index < -0.39 is 21.4 Å². The molecular weight excluding hydrogens is 402 g/mol. The van der Waals surface area contributed by atoms with Crippen LogP contribution in [0.25, 0.3) is 10.9 Å². The van der Waals surface area contributed by atoms with Gasteiger partial charge in [-0.1, -0.05) is 13.0 Å². The first-order valence-corrected chi connectivity index (χ1v) is 11.2. The molecule has 0 saturated carbocycles. The fraction of sp³-hybridized carbons (Fsp3) is 0.273. The zero-order valence-electron chi connectivity index (χ0n) is 17.4. The van der Waals surface area contributed by atoms with E-state index in [4.69, 9.17) is 0 Å². The van der Waals surface area contributed by atoms with Gasteiger partial charge >= 0.3 is 0 Å². The van der Waals surface area contributed by atoms with Crippen LogP contribution in [-0.2, 0) is 10.0 Å². The molecular formula is C22H25N3O4S. The number of pyridine rings is 1. The van der Waals surface area contributed by atoms with Gasteiger partial charge < -0.3 is 10.3 Å². The molecule has 2 aromatic carbocycles. The van der Waals surface area contributed by atoms with Gasteiger partial charge in [-0.15, -0.1) is 0 Å². The van der Waals surface area contributed by atoms with Gasteiger partial charge in [-0.3, -0.25) is 14.3 Å². The quantitative estimate of drug-likeness (QED) is 0.560. The number of aryl methyl sites for hydroxylation is 2. The maximum absolute atomic E-state index is 12.9. The van der Waals surface area contributed by atoms with Crippen molar-refractivity contribution in [2.24, 2.45) is 0 Å². The van der Waals surface area contributed by atoms with Crippen molar-refractivity contribution >= 4 is 32.5 Å². The van der Waals surface area contributed by atoms with Crippen LogP contribution in [0.2, 0.25) is 0 Å². The molecule has 0 fully saturated rings. The fourth-order valence-corrected chi connectivity index (χ4v) is 4.25. The predicted octanol–water partition coefficient (Wildman–Crippen LogP) is 3.47. The average Bonchev–Trinajstić information content (AvgIpc) is 2.66. The van der Waals surface area contributed by atoms with E-state index in [1.54, 1.807) is 12.1 Å². The van der Waals surface area contributed by atoms with E-state index in [-0.39, 0.29) is 21.9 Å². The molecule has 0 spiro atoms. The Hall–Kier alpha value is -3.13. The standard InChI is InChI=1S/C22H25N3O4S/c1-5-15(4)24-22(27)19-12-23-20-7-6-17(11-18(20)21(19)26)30(28,29)25-16-9-13(2)8-14(3)10-16/h6-12,15,25H,5H2,1-4H3,(H,23,26)(H,24,27). The molecule has 1 aromatic heterocycles. The Morgan fingerprint density at radius 1 is 1.10 bits per heavy atom. The summed E-state index contributed by atoms with van der Waals surface area (Å²) in [6, 6.07) is 9.55. The Bertz CT molecular complexity index is 1260. The molecule has 0 aliphatic heterocycles. The van der Waals surface area contributed by atoms with E-state index in [1.807, 2.05) is 33.8 Å². The summed E-state index contributed by atoms with van der Waals surface area (Å²) < 4.78 is 28.3.